The highest BCUT2D eigenvalue weighted by Gasteiger charge is 2.60. The van der Waals surface area contributed by atoms with E-state index in [9.17, 15) is 9.59 Å². The summed E-state index contributed by atoms with van der Waals surface area (Å²) in [5, 5.41) is 0. The largest absolute Gasteiger partial charge is 0.299 e. The van der Waals surface area contributed by atoms with Crippen LogP contribution in [0, 0.1) is 34.5 Å². The lowest BCUT2D eigenvalue weighted by atomic mass is 9.47. The van der Waals surface area contributed by atoms with Gasteiger partial charge in [0.2, 0.25) is 0 Å². The van der Waals surface area contributed by atoms with E-state index in [1.807, 2.05) is 6.08 Å². The van der Waals surface area contributed by atoms with Crippen LogP contribution in [0.5, 0.6) is 0 Å². The van der Waals surface area contributed by atoms with E-state index in [1.54, 1.807) is 0 Å². The van der Waals surface area contributed by atoms with E-state index in [1.165, 1.54) is 18.4 Å². The SMILES string of the molecule is C[C@H]1CC(=O)[C@@]2(C)CC[C@H]3[C@@H](CCC4=CC(=O)CC[C@@]43C)[C@H]12. The van der Waals surface area contributed by atoms with Gasteiger partial charge >= 0.3 is 0 Å². The average Bonchev–Trinajstić information content (AvgIpc) is 2.70. The van der Waals surface area contributed by atoms with Gasteiger partial charge in [-0.25, -0.2) is 0 Å². The first kappa shape index (κ1) is 14.7. The molecule has 0 bridgehead atoms. The predicted octanol–water partition coefficient (Wildman–Crippen LogP) is 4.33. The number of carbonyl (C=O) groups excluding carboxylic acids is 2. The number of carbonyl (C=O) groups is 2. The molecule has 0 aromatic rings. The van der Waals surface area contributed by atoms with E-state index in [4.69, 9.17) is 0 Å². The lowest BCUT2D eigenvalue weighted by molar-refractivity contribution is -0.133. The van der Waals surface area contributed by atoms with Gasteiger partial charge in [0.05, 0.1) is 0 Å². The van der Waals surface area contributed by atoms with Gasteiger partial charge in [-0.15, -0.1) is 0 Å². The molecule has 6 atom stereocenters. The van der Waals surface area contributed by atoms with Crippen molar-refractivity contribution in [1.82, 2.24) is 0 Å². The Labute approximate surface area is 133 Å². The van der Waals surface area contributed by atoms with Crippen LogP contribution in [0.1, 0.15) is 65.7 Å². The van der Waals surface area contributed by atoms with Gasteiger partial charge in [0.1, 0.15) is 5.78 Å². The van der Waals surface area contributed by atoms with Crippen molar-refractivity contribution < 1.29 is 9.59 Å². The van der Waals surface area contributed by atoms with Gasteiger partial charge in [-0.05, 0) is 67.3 Å². The standard InChI is InChI=1S/C20H28O2/c1-12-10-17(22)20(3)9-7-16-15(18(12)20)5-4-13-11-14(21)6-8-19(13,16)2/h11-12,15-16,18H,4-10H2,1-3H3/t12-,15+,16-,18-,19-,20+/m0/s1. The van der Waals surface area contributed by atoms with E-state index < -0.39 is 0 Å². The third-order valence-electron chi connectivity index (χ3n) is 7.97. The van der Waals surface area contributed by atoms with Crippen molar-refractivity contribution in [3.8, 4) is 0 Å². The number of Topliss-reactive ketones (excluding diaryl/α,β-unsaturated/α-hetero) is 1. The van der Waals surface area contributed by atoms with Crippen LogP contribution in [0.3, 0.4) is 0 Å². The molecule has 0 spiro atoms. The molecule has 0 aromatic heterocycles. The molecule has 120 valence electrons. The van der Waals surface area contributed by atoms with E-state index in [-0.39, 0.29) is 10.8 Å². The third-order valence-corrected chi connectivity index (χ3v) is 7.97. The van der Waals surface area contributed by atoms with E-state index in [0.29, 0.717) is 35.2 Å². The van der Waals surface area contributed by atoms with Crippen LogP contribution < -0.4 is 0 Å². The van der Waals surface area contributed by atoms with Crippen molar-refractivity contribution in [1.29, 1.82) is 0 Å². The Hall–Kier alpha value is -0.920. The van der Waals surface area contributed by atoms with E-state index in [0.717, 1.165) is 32.1 Å². The summed E-state index contributed by atoms with van der Waals surface area (Å²) in [6, 6.07) is 0. The van der Waals surface area contributed by atoms with E-state index in [2.05, 4.69) is 20.8 Å². The minimum Gasteiger partial charge on any atom is -0.299 e. The first-order valence-corrected chi connectivity index (χ1v) is 9.13. The zero-order valence-corrected chi connectivity index (χ0v) is 14.2. The fraction of sp³-hybridized carbons (Fsp3) is 0.800. The van der Waals surface area contributed by atoms with Crippen LogP contribution in [0.15, 0.2) is 11.6 Å². The van der Waals surface area contributed by atoms with Gasteiger partial charge in [-0.2, -0.15) is 0 Å². The summed E-state index contributed by atoms with van der Waals surface area (Å²) in [6.07, 6.45) is 9.04. The van der Waals surface area contributed by atoms with Crippen LogP contribution in [0.2, 0.25) is 0 Å². The lowest BCUT2D eigenvalue weighted by Gasteiger charge is -2.57. The Kier molecular flexibility index (Phi) is 3.03. The second kappa shape index (κ2) is 4.55. The maximum absolute atomic E-state index is 12.6. The fourth-order valence-electron chi connectivity index (χ4n) is 6.84. The number of allylic oxidation sites excluding steroid dienone is 1. The van der Waals surface area contributed by atoms with E-state index >= 15 is 0 Å². The molecule has 0 amide bonds. The molecular weight excluding hydrogens is 272 g/mol. The summed E-state index contributed by atoms with van der Waals surface area (Å²) >= 11 is 0. The highest BCUT2D eigenvalue weighted by atomic mass is 16.1. The number of rotatable bonds is 0. The molecular formula is C20H28O2. The first-order chi connectivity index (χ1) is 10.4. The quantitative estimate of drug-likeness (QED) is 0.667. The summed E-state index contributed by atoms with van der Waals surface area (Å²) in [5.41, 5.74) is 1.59. The smallest absolute Gasteiger partial charge is 0.155 e. The second-order valence-corrected chi connectivity index (χ2v) is 8.95. The molecule has 0 aliphatic heterocycles. The molecule has 0 unspecified atom stereocenters. The van der Waals surface area contributed by atoms with Gasteiger partial charge in [0.25, 0.3) is 0 Å². The van der Waals surface area contributed by atoms with Gasteiger partial charge in [0.15, 0.2) is 5.78 Å². The molecule has 0 N–H and O–H groups in total. The zero-order valence-electron chi connectivity index (χ0n) is 14.2. The van der Waals surface area contributed by atoms with Crippen molar-refractivity contribution in [3.05, 3.63) is 11.6 Å². The maximum atomic E-state index is 12.6. The lowest BCUT2D eigenvalue weighted by Crippen LogP contribution is -2.51. The highest BCUT2D eigenvalue weighted by Crippen LogP contribution is 2.65. The highest BCUT2D eigenvalue weighted by molar-refractivity contribution is 5.91. The molecule has 2 heteroatoms. The van der Waals surface area contributed by atoms with Gasteiger partial charge in [-0.1, -0.05) is 26.3 Å². The molecule has 0 radical (unpaired) electrons. The van der Waals surface area contributed by atoms with Crippen LogP contribution >= 0.6 is 0 Å². The molecule has 0 saturated heterocycles. The van der Waals surface area contributed by atoms with Crippen molar-refractivity contribution in [3.63, 3.8) is 0 Å². The summed E-state index contributed by atoms with van der Waals surface area (Å²) in [5.74, 6) is 3.35. The third kappa shape index (κ3) is 1.73. The number of hydrogen-bond donors (Lipinski definition) is 0. The first-order valence-electron chi connectivity index (χ1n) is 9.13. The average molecular weight is 300 g/mol. The Bertz CT molecular complexity index is 574. The summed E-state index contributed by atoms with van der Waals surface area (Å²) in [6.45, 7) is 6.96. The fourth-order valence-corrected chi connectivity index (χ4v) is 6.84. The molecule has 3 saturated carbocycles. The van der Waals surface area contributed by atoms with Crippen LogP contribution in [-0.2, 0) is 9.59 Å². The number of ketones is 2. The van der Waals surface area contributed by atoms with Crippen molar-refractivity contribution in [2.75, 3.05) is 0 Å². The number of fused-ring (bicyclic) bond motifs is 5. The molecule has 2 nitrogen and oxygen atoms in total. The monoisotopic (exact) mass is 300 g/mol. The second-order valence-electron chi connectivity index (χ2n) is 8.95. The molecule has 4 aliphatic rings. The summed E-state index contributed by atoms with van der Waals surface area (Å²) in [4.78, 5) is 24.4. The zero-order chi connectivity index (χ0) is 15.7. The van der Waals surface area contributed by atoms with Crippen molar-refractivity contribution in [2.24, 2.45) is 34.5 Å². The van der Waals surface area contributed by atoms with Crippen molar-refractivity contribution >= 4 is 11.6 Å². The Morgan fingerprint density at radius 1 is 1.05 bits per heavy atom. The summed E-state index contributed by atoms with van der Waals surface area (Å²) in [7, 11) is 0. The van der Waals surface area contributed by atoms with Crippen LogP contribution in [-0.4, -0.2) is 11.6 Å². The minimum atomic E-state index is -0.0529. The topological polar surface area (TPSA) is 34.1 Å². The van der Waals surface area contributed by atoms with Crippen LogP contribution in [0.25, 0.3) is 0 Å². The molecule has 0 heterocycles. The molecule has 4 rings (SSSR count). The Morgan fingerprint density at radius 2 is 1.82 bits per heavy atom. The minimum absolute atomic E-state index is 0.0529. The van der Waals surface area contributed by atoms with Crippen molar-refractivity contribution in [2.45, 2.75) is 65.7 Å². The molecule has 0 aromatic carbocycles. The van der Waals surface area contributed by atoms with Gasteiger partial charge in [0, 0.05) is 18.3 Å². The molecule has 3 fully saturated rings. The maximum Gasteiger partial charge on any atom is 0.155 e. The number of hydrogen-bond acceptors (Lipinski definition) is 2. The van der Waals surface area contributed by atoms with Gasteiger partial charge < -0.3 is 0 Å². The predicted molar refractivity (Wildman–Crippen MR) is 86.3 cm³/mol. The molecule has 4 aliphatic carbocycles. The normalized spacial score (nSPS) is 51.0. The van der Waals surface area contributed by atoms with Gasteiger partial charge in [-0.3, -0.25) is 9.59 Å². The molecule has 22 heavy (non-hydrogen) atoms. The Morgan fingerprint density at radius 3 is 2.59 bits per heavy atom. The van der Waals surface area contributed by atoms with Crippen LogP contribution in [0.4, 0.5) is 0 Å². The Balaban J connectivity index is 1.73. The summed E-state index contributed by atoms with van der Waals surface area (Å²) < 4.78 is 0.